The second-order valence-corrected chi connectivity index (χ2v) is 4.10. The van der Waals surface area contributed by atoms with Crippen LogP contribution in [0.25, 0.3) is 0 Å². The maximum atomic E-state index is 11.6. The number of aliphatic hydroxyl groups excluding tert-OH is 1. The van der Waals surface area contributed by atoms with Gasteiger partial charge < -0.3 is 24.6 Å². The van der Waals surface area contributed by atoms with Crippen molar-refractivity contribution in [2.75, 3.05) is 27.4 Å². The molecule has 0 bridgehead atoms. The smallest absolute Gasteiger partial charge is 0.330 e. The Bertz CT molecular complexity index is 459. The molecule has 7 heteroatoms. The fourth-order valence-electron chi connectivity index (χ4n) is 1.52. The molecule has 1 amide bonds. The SMILES string of the molecule is COC(=O)C(CO)NC(=O)CCOc1ccc(OC)cc1. The summed E-state index contributed by atoms with van der Waals surface area (Å²) < 4.78 is 14.8. The van der Waals surface area contributed by atoms with Crippen LogP contribution in [0.5, 0.6) is 11.5 Å². The zero-order valence-electron chi connectivity index (χ0n) is 12.0. The largest absolute Gasteiger partial charge is 0.497 e. The first-order valence-electron chi connectivity index (χ1n) is 6.35. The van der Waals surface area contributed by atoms with Gasteiger partial charge in [-0.05, 0) is 24.3 Å². The molecule has 1 aromatic carbocycles. The van der Waals surface area contributed by atoms with Gasteiger partial charge in [0.1, 0.15) is 11.5 Å². The topological polar surface area (TPSA) is 94.1 Å². The highest BCUT2D eigenvalue weighted by Crippen LogP contribution is 2.16. The van der Waals surface area contributed by atoms with Crippen LogP contribution in [-0.4, -0.2) is 50.5 Å². The average Bonchev–Trinajstić information content (AvgIpc) is 2.52. The van der Waals surface area contributed by atoms with Crippen LogP contribution in [0.4, 0.5) is 0 Å². The van der Waals surface area contributed by atoms with Crippen LogP contribution in [0.1, 0.15) is 6.42 Å². The van der Waals surface area contributed by atoms with E-state index in [0.717, 1.165) is 0 Å². The second-order valence-electron chi connectivity index (χ2n) is 4.10. The Hall–Kier alpha value is -2.28. The summed E-state index contributed by atoms with van der Waals surface area (Å²) in [6, 6.07) is 5.88. The average molecular weight is 297 g/mol. The molecule has 0 aliphatic rings. The van der Waals surface area contributed by atoms with E-state index in [1.165, 1.54) is 7.11 Å². The van der Waals surface area contributed by atoms with Crippen molar-refractivity contribution in [1.29, 1.82) is 0 Å². The van der Waals surface area contributed by atoms with E-state index >= 15 is 0 Å². The van der Waals surface area contributed by atoms with Gasteiger partial charge in [0.2, 0.25) is 5.91 Å². The van der Waals surface area contributed by atoms with Gasteiger partial charge in [0, 0.05) is 0 Å². The van der Waals surface area contributed by atoms with Crippen molar-refractivity contribution >= 4 is 11.9 Å². The minimum Gasteiger partial charge on any atom is -0.497 e. The van der Waals surface area contributed by atoms with E-state index in [1.807, 2.05) is 0 Å². The number of carbonyl (C=O) groups is 2. The van der Waals surface area contributed by atoms with Crippen LogP contribution < -0.4 is 14.8 Å². The zero-order chi connectivity index (χ0) is 15.7. The van der Waals surface area contributed by atoms with Crippen molar-refractivity contribution in [3.05, 3.63) is 24.3 Å². The van der Waals surface area contributed by atoms with Crippen molar-refractivity contribution in [2.45, 2.75) is 12.5 Å². The molecule has 0 spiro atoms. The van der Waals surface area contributed by atoms with Crippen LogP contribution in [0.2, 0.25) is 0 Å². The zero-order valence-corrected chi connectivity index (χ0v) is 12.0. The summed E-state index contributed by atoms with van der Waals surface area (Å²) >= 11 is 0. The van der Waals surface area contributed by atoms with Gasteiger partial charge in [0.15, 0.2) is 6.04 Å². The number of hydrogen-bond donors (Lipinski definition) is 2. The maximum absolute atomic E-state index is 11.6. The molecule has 0 aliphatic heterocycles. The number of benzene rings is 1. The Morgan fingerprint density at radius 1 is 1.19 bits per heavy atom. The summed E-state index contributed by atoms with van der Waals surface area (Å²) in [6.07, 6.45) is 0.0551. The standard InChI is InChI=1S/C14H19NO6/c1-19-10-3-5-11(6-4-10)21-8-7-13(17)15-12(9-16)14(18)20-2/h3-6,12,16H,7-9H2,1-2H3,(H,15,17). The van der Waals surface area contributed by atoms with Crippen LogP contribution in [0, 0.1) is 0 Å². The minimum absolute atomic E-state index is 0.0551. The Labute approximate surface area is 122 Å². The first-order valence-corrected chi connectivity index (χ1v) is 6.35. The summed E-state index contributed by atoms with van der Waals surface area (Å²) in [4.78, 5) is 22.8. The van der Waals surface area contributed by atoms with Crippen molar-refractivity contribution in [3.8, 4) is 11.5 Å². The lowest BCUT2D eigenvalue weighted by Crippen LogP contribution is -2.44. The number of ether oxygens (including phenoxy) is 3. The van der Waals surface area contributed by atoms with Gasteiger partial charge in [0.25, 0.3) is 0 Å². The molecule has 0 fully saturated rings. The molecular formula is C14H19NO6. The van der Waals surface area contributed by atoms with Crippen LogP contribution >= 0.6 is 0 Å². The highest BCUT2D eigenvalue weighted by atomic mass is 16.5. The van der Waals surface area contributed by atoms with E-state index in [0.29, 0.717) is 11.5 Å². The van der Waals surface area contributed by atoms with Crippen molar-refractivity contribution < 1.29 is 28.9 Å². The minimum atomic E-state index is -1.05. The number of aliphatic hydroxyl groups is 1. The molecular weight excluding hydrogens is 278 g/mol. The molecule has 1 unspecified atom stereocenters. The van der Waals surface area contributed by atoms with E-state index in [4.69, 9.17) is 14.6 Å². The van der Waals surface area contributed by atoms with Crippen molar-refractivity contribution in [3.63, 3.8) is 0 Å². The lowest BCUT2D eigenvalue weighted by atomic mass is 10.3. The fourth-order valence-corrected chi connectivity index (χ4v) is 1.52. The van der Waals surface area contributed by atoms with E-state index in [1.54, 1.807) is 31.4 Å². The predicted octanol–water partition coefficient (Wildman–Crippen LogP) is 0.114. The van der Waals surface area contributed by atoms with Gasteiger partial charge in [0.05, 0.1) is 33.9 Å². The number of carbonyl (C=O) groups excluding carboxylic acids is 2. The highest BCUT2D eigenvalue weighted by Gasteiger charge is 2.20. The van der Waals surface area contributed by atoms with Crippen LogP contribution in [-0.2, 0) is 14.3 Å². The summed E-state index contributed by atoms with van der Waals surface area (Å²) in [7, 11) is 2.75. The monoisotopic (exact) mass is 297 g/mol. The number of nitrogens with one attached hydrogen (secondary N) is 1. The Balaban J connectivity index is 2.33. The molecule has 1 aromatic rings. The number of rotatable bonds is 8. The lowest BCUT2D eigenvalue weighted by molar-refractivity contribution is -0.146. The molecule has 0 radical (unpaired) electrons. The molecule has 1 rings (SSSR count). The number of amides is 1. The normalized spacial score (nSPS) is 11.4. The summed E-state index contributed by atoms with van der Waals surface area (Å²) in [6.45, 7) is -0.366. The lowest BCUT2D eigenvalue weighted by Gasteiger charge is -2.14. The van der Waals surface area contributed by atoms with Gasteiger partial charge in [-0.25, -0.2) is 4.79 Å². The van der Waals surface area contributed by atoms with Gasteiger partial charge >= 0.3 is 5.97 Å². The van der Waals surface area contributed by atoms with Crippen LogP contribution in [0.3, 0.4) is 0 Å². The second kappa shape index (κ2) is 8.80. The Kier molecular flexibility index (Phi) is 7.03. The van der Waals surface area contributed by atoms with Gasteiger partial charge in [-0.15, -0.1) is 0 Å². The third kappa shape index (κ3) is 5.70. The molecule has 0 saturated carbocycles. The Morgan fingerprint density at radius 2 is 1.81 bits per heavy atom. The van der Waals surface area contributed by atoms with Crippen molar-refractivity contribution in [2.24, 2.45) is 0 Å². The first-order chi connectivity index (χ1) is 10.1. The maximum Gasteiger partial charge on any atom is 0.330 e. The van der Waals surface area contributed by atoms with Gasteiger partial charge in [-0.3, -0.25) is 4.79 Å². The summed E-state index contributed by atoms with van der Waals surface area (Å²) in [5, 5.41) is 11.3. The molecule has 21 heavy (non-hydrogen) atoms. The summed E-state index contributed by atoms with van der Waals surface area (Å²) in [5.74, 6) is 0.217. The fraction of sp³-hybridized carbons (Fsp3) is 0.429. The molecule has 0 heterocycles. The molecule has 116 valence electrons. The first kappa shape index (κ1) is 16.8. The van der Waals surface area contributed by atoms with Crippen molar-refractivity contribution in [1.82, 2.24) is 5.32 Å². The number of methoxy groups -OCH3 is 2. The van der Waals surface area contributed by atoms with E-state index < -0.39 is 24.5 Å². The summed E-state index contributed by atoms with van der Waals surface area (Å²) in [5.41, 5.74) is 0. The molecule has 7 nitrogen and oxygen atoms in total. The van der Waals surface area contributed by atoms with Crippen LogP contribution in [0.15, 0.2) is 24.3 Å². The van der Waals surface area contributed by atoms with E-state index in [2.05, 4.69) is 10.1 Å². The number of hydrogen-bond acceptors (Lipinski definition) is 6. The number of esters is 1. The third-order valence-electron chi connectivity index (χ3n) is 2.66. The van der Waals surface area contributed by atoms with Gasteiger partial charge in [-0.1, -0.05) is 0 Å². The molecule has 2 N–H and O–H groups in total. The molecule has 0 saturated heterocycles. The quantitative estimate of drug-likeness (QED) is 0.662. The molecule has 1 atom stereocenters. The predicted molar refractivity (Wildman–Crippen MR) is 74.1 cm³/mol. The van der Waals surface area contributed by atoms with E-state index in [9.17, 15) is 9.59 Å². The highest BCUT2D eigenvalue weighted by molar-refractivity contribution is 5.84. The third-order valence-corrected chi connectivity index (χ3v) is 2.66. The Morgan fingerprint density at radius 3 is 2.33 bits per heavy atom. The molecule has 0 aliphatic carbocycles. The molecule has 0 aromatic heterocycles. The van der Waals surface area contributed by atoms with E-state index in [-0.39, 0.29) is 13.0 Å². The van der Waals surface area contributed by atoms with Gasteiger partial charge in [-0.2, -0.15) is 0 Å².